The lowest BCUT2D eigenvalue weighted by atomic mass is 10.0. The first-order chi connectivity index (χ1) is 12.9. The highest BCUT2D eigenvalue weighted by Gasteiger charge is 2.28. The third-order valence-electron chi connectivity index (χ3n) is 4.75. The Morgan fingerprint density at radius 2 is 1.81 bits per heavy atom. The van der Waals surface area contributed by atoms with E-state index in [0.717, 1.165) is 12.2 Å². The lowest BCUT2D eigenvalue weighted by molar-refractivity contribution is 0.0600. The molecular formula is C20H23NO4S2. The maximum Gasteiger partial charge on any atom is 0.337 e. The first-order valence-corrected chi connectivity index (χ1v) is 11.3. The van der Waals surface area contributed by atoms with Gasteiger partial charge in [0.15, 0.2) is 0 Å². The van der Waals surface area contributed by atoms with Gasteiger partial charge in [0, 0.05) is 24.1 Å². The topological polar surface area (TPSA) is 63.7 Å². The molecule has 1 aliphatic heterocycles. The van der Waals surface area contributed by atoms with Gasteiger partial charge in [0.25, 0.3) is 0 Å². The lowest BCUT2D eigenvalue weighted by Gasteiger charge is -2.20. The van der Waals surface area contributed by atoms with E-state index in [4.69, 9.17) is 0 Å². The van der Waals surface area contributed by atoms with Crippen molar-refractivity contribution in [2.75, 3.05) is 26.0 Å². The van der Waals surface area contributed by atoms with E-state index in [1.165, 1.54) is 42.5 Å². The molecule has 144 valence electrons. The molecule has 0 saturated carbocycles. The van der Waals surface area contributed by atoms with Crippen LogP contribution >= 0.6 is 11.8 Å². The fraction of sp³-hybridized carbons (Fsp3) is 0.350. The minimum atomic E-state index is -3.58. The normalized spacial score (nSPS) is 18.7. The van der Waals surface area contributed by atoms with Crippen molar-refractivity contribution in [2.24, 2.45) is 0 Å². The smallest absolute Gasteiger partial charge is 0.337 e. The summed E-state index contributed by atoms with van der Waals surface area (Å²) in [6, 6.07) is 14.2. The zero-order valence-electron chi connectivity index (χ0n) is 15.4. The third kappa shape index (κ3) is 4.36. The molecule has 0 aromatic heterocycles. The zero-order chi connectivity index (χ0) is 19.4. The summed E-state index contributed by atoms with van der Waals surface area (Å²) in [7, 11) is -2.28. The number of ether oxygens (including phenoxy) is 1. The fourth-order valence-electron chi connectivity index (χ4n) is 3.22. The largest absolute Gasteiger partial charge is 0.465 e. The molecule has 1 heterocycles. The summed E-state index contributed by atoms with van der Waals surface area (Å²) in [5, 5.41) is 0.299. The maximum atomic E-state index is 13.0. The minimum absolute atomic E-state index is 0.203. The molecule has 0 spiro atoms. The average Bonchev–Trinajstić information content (AvgIpc) is 2.94. The van der Waals surface area contributed by atoms with Crippen LogP contribution < -0.4 is 0 Å². The maximum absolute atomic E-state index is 13.0. The summed E-state index contributed by atoms with van der Waals surface area (Å²) >= 11 is 1.81. The summed E-state index contributed by atoms with van der Waals surface area (Å²) in [4.78, 5) is 11.7. The van der Waals surface area contributed by atoms with E-state index >= 15 is 0 Å². The number of benzene rings is 2. The van der Waals surface area contributed by atoms with E-state index in [1.54, 1.807) is 4.31 Å². The molecule has 0 amide bonds. The summed E-state index contributed by atoms with van der Waals surface area (Å²) in [6.07, 6.45) is 0.773. The number of thioether (sulfide) groups is 1. The van der Waals surface area contributed by atoms with Crippen LogP contribution in [0.2, 0.25) is 0 Å². The Morgan fingerprint density at radius 1 is 1.11 bits per heavy atom. The van der Waals surface area contributed by atoms with Crippen molar-refractivity contribution in [3.8, 4) is 0 Å². The quantitative estimate of drug-likeness (QED) is 0.727. The summed E-state index contributed by atoms with van der Waals surface area (Å²) < 4.78 is 32.2. The molecule has 1 aliphatic rings. The van der Waals surface area contributed by atoms with E-state index in [0.29, 0.717) is 23.9 Å². The van der Waals surface area contributed by atoms with Gasteiger partial charge in [-0.1, -0.05) is 24.3 Å². The van der Waals surface area contributed by atoms with E-state index in [1.807, 2.05) is 23.9 Å². The van der Waals surface area contributed by atoms with E-state index in [2.05, 4.69) is 23.8 Å². The third-order valence-corrected chi connectivity index (χ3v) is 7.97. The molecule has 0 bridgehead atoms. The number of esters is 1. The molecule has 7 heteroatoms. The Kier molecular flexibility index (Phi) is 6.24. The molecule has 1 unspecified atom stereocenters. The highest BCUT2D eigenvalue weighted by atomic mass is 32.2. The van der Waals surface area contributed by atoms with Crippen LogP contribution in [0.15, 0.2) is 53.4 Å². The highest BCUT2D eigenvalue weighted by molar-refractivity contribution is 7.99. The van der Waals surface area contributed by atoms with Crippen molar-refractivity contribution in [1.29, 1.82) is 0 Å². The fourth-order valence-corrected chi connectivity index (χ4v) is 6.11. The SMILES string of the molecule is COC(=O)c1ccc(S(=O)(=O)N2CCSC(c3ccccc3C)CC2)cc1. The number of rotatable bonds is 4. The van der Waals surface area contributed by atoms with Crippen molar-refractivity contribution in [3.05, 3.63) is 65.2 Å². The van der Waals surface area contributed by atoms with Gasteiger partial charge in [-0.2, -0.15) is 16.1 Å². The average molecular weight is 406 g/mol. The standard InChI is InChI=1S/C20H23NO4S2/c1-15-5-3-4-6-18(15)19-11-12-21(13-14-26-19)27(23,24)17-9-7-16(8-10-17)20(22)25-2/h3-10,19H,11-14H2,1-2H3. The van der Waals surface area contributed by atoms with Crippen LogP contribution in [-0.2, 0) is 14.8 Å². The van der Waals surface area contributed by atoms with Gasteiger partial charge in [-0.3, -0.25) is 0 Å². The van der Waals surface area contributed by atoms with Gasteiger partial charge in [-0.25, -0.2) is 13.2 Å². The van der Waals surface area contributed by atoms with Gasteiger partial charge >= 0.3 is 5.97 Å². The number of nitrogens with zero attached hydrogens (tertiary/aromatic N) is 1. The lowest BCUT2D eigenvalue weighted by Crippen LogP contribution is -2.33. The molecule has 1 fully saturated rings. The van der Waals surface area contributed by atoms with Crippen molar-refractivity contribution in [1.82, 2.24) is 4.31 Å². The Balaban J connectivity index is 1.76. The first kappa shape index (κ1) is 19.9. The number of sulfonamides is 1. The highest BCUT2D eigenvalue weighted by Crippen LogP contribution is 2.37. The van der Waals surface area contributed by atoms with Crippen molar-refractivity contribution >= 4 is 27.8 Å². The van der Waals surface area contributed by atoms with Crippen LogP contribution in [0.3, 0.4) is 0 Å². The minimum Gasteiger partial charge on any atom is -0.465 e. The van der Waals surface area contributed by atoms with Gasteiger partial charge in [-0.05, 0) is 48.7 Å². The number of hydrogen-bond donors (Lipinski definition) is 0. The van der Waals surface area contributed by atoms with Crippen molar-refractivity contribution in [3.63, 3.8) is 0 Å². The van der Waals surface area contributed by atoms with Gasteiger partial charge in [0.1, 0.15) is 0 Å². The molecule has 2 aromatic rings. The van der Waals surface area contributed by atoms with Crippen LogP contribution in [-0.4, -0.2) is 44.6 Å². The molecule has 1 atom stereocenters. The van der Waals surface area contributed by atoms with Crippen LogP contribution in [0.5, 0.6) is 0 Å². The van der Waals surface area contributed by atoms with E-state index in [-0.39, 0.29) is 4.90 Å². The summed E-state index contributed by atoms with van der Waals surface area (Å²) in [6.45, 7) is 3.05. The Hall–Kier alpha value is -1.83. The van der Waals surface area contributed by atoms with Gasteiger partial charge < -0.3 is 4.74 Å². The zero-order valence-corrected chi connectivity index (χ0v) is 17.1. The van der Waals surface area contributed by atoms with Crippen molar-refractivity contribution < 1.29 is 17.9 Å². The number of hydrogen-bond acceptors (Lipinski definition) is 5. The predicted octanol–water partition coefficient (Wildman–Crippen LogP) is 3.65. The van der Waals surface area contributed by atoms with Crippen molar-refractivity contribution in [2.45, 2.75) is 23.5 Å². The molecule has 1 saturated heterocycles. The Bertz CT molecular complexity index is 910. The molecule has 0 aliphatic carbocycles. The molecule has 27 heavy (non-hydrogen) atoms. The molecule has 0 radical (unpaired) electrons. The predicted molar refractivity (Wildman–Crippen MR) is 108 cm³/mol. The second kappa shape index (κ2) is 8.46. The molecule has 0 N–H and O–H groups in total. The number of carbonyl (C=O) groups excluding carboxylic acids is 1. The van der Waals surface area contributed by atoms with Crippen LogP contribution in [0.4, 0.5) is 0 Å². The van der Waals surface area contributed by atoms with Crippen LogP contribution in [0, 0.1) is 6.92 Å². The second-order valence-corrected chi connectivity index (χ2v) is 9.67. The van der Waals surface area contributed by atoms with Gasteiger partial charge in [-0.15, -0.1) is 0 Å². The summed E-state index contributed by atoms with van der Waals surface area (Å²) in [5.74, 6) is 0.268. The van der Waals surface area contributed by atoms with Crippen LogP contribution in [0.25, 0.3) is 0 Å². The number of carbonyl (C=O) groups is 1. The van der Waals surface area contributed by atoms with Crippen LogP contribution in [0.1, 0.15) is 33.2 Å². The Labute approximate surface area is 164 Å². The second-order valence-electron chi connectivity index (χ2n) is 6.42. The molecule has 3 rings (SSSR count). The number of methoxy groups -OCH3 is 1. The van der Waals surface area contributed by atoms with E-state index in [9.17, 15) is 13.2 Å². The molecule has 5 nitrogen and oxygen atoms in total. The Morgan fingerprint density at radius 3 is 2.48 bits per heavy atom. The summed E-state index contributed by atoms with van der Waals surface area (Å²) in [5.41, 5.74) is 2.86. The first-order valence-electron chi connectivity index (χ1n) is 8.79. The molecule has 2 aromatic carbocycles. The number of aryl methyl sites for hydroxylation is 1. The van der Waals surface area contributed by atoms with Gasteiger partial charge in [0.05, 0.1) is 17.6 Å². The van der Waals surface area contributed by atoms with E-state index < -0.39 is 16.0 Å². The molecular weight excluding hydrogens is 382 g/mol. The monoisotopic (exact) mass is 405 g/mol. The van der Waals surface area contributed by atoms with Gasteiger partial charge in [0.2, 0.25) is 10.0 Å².